The van der Waals surface area contributed by atoms with Gasteiger partial charge in [0, 0.05) is 4.88 Å². The number of hydrogen-bond donors (Lipinski definition) is 3. The molecule has 0 fully saturated rings. The van der Waals surface area contributed by atoms with Crippen molar-refractivity contribution in [1.29, 1.82) is 0 Å². The second kappa shape index (κ2) is 4.65. The van der Waals surface area contributed by atoms with Gasteiger partial charge in [0.05, 0.1) is 15.7 Å². The molecule has 1 aromatic carbocycles. The molecule has 0 aliphatic heterocycles. The molecule has 0 atom stereocenters. The zero-order valence-corrected chi connectivity index (χ0v) is 10.2. The summed E-state index contributed by atoms with van der Waals surface area (Å²) in [7, 11) is 0. The molecular formula is C11H9ClN2O2S. The monoisotopic (exact) mass is 268 g/mol. The molecule has 4 N–H and O–H groups in total. The van der Waals surface area contributed by atoms with E-state index in [1.165, 1.54) is 11.3 Å². The van der Waals surface area contributed by atoms with Crippen LogP contribution < -0.4 is 11.1 Å². The van der Waals surface area contributed by atoms with Crippen molar-refractivity contribution >= 4 is 40.4 Å². The molecule has 1 amide bonds. The molecule has 0 radical (unpaired) electrons. The van der Waals surface area contributed by atoms with Crippen LogP contribution in [-0.2, 0) is 0 Å². The smallest absolute Gasteiger partial charge is 0.409 e. The van der Waals surface area contributed by atoms with Crippen molar-refractivity contribution in [3.05, 3.63) is 34.7 Å². The zero-order valence-electron chi connectivity index (χ0n) is 8.61. The SMILES string of the molecule is Nc1ccc(-c2ccc(Cl)s2)cc1NC(=O)O. The number of thiophene rings is 1. The number of hydrogen-bond acceptors (Lipinski definition) is 3. The lowest BCUT2D eigenvalue weighted by Gasteiger charge is -2.07. The number of carboxylic acid groups (broad SMARTS) is 1. The van der Waals surface area contributed by atoms with Crippen LogP contribution in [-0.4, -0.2) is 11.2 Å². The molecule has 0 saturated carbocycles. The molecule has 0 aliphatic carbocycles. The fraction of sp³-hybridized carbons (Fsp3) is 0. The zero-order chi connectivity index (χ0) is 12.4. The summed E-state index contributed by atoms with van der Waals surface area (Å²) in [6.07, 6.45) is -1.14. The summed E-state index contributed by atoms with van der Waals surface area (Å²) < 4.78 is 0.685. The Labute approximate surface area is 107 Å². The van der Waals surface area contributed by atoms with Gasteiger partial charge in [0.2, 0.25) is 0 Å². The fourth-order valence-electron chi connectivity index (χ4n) is 1.40. The van der Waals surface area contributed by atoms with Gasteiger partial charge in [-0.1, -0.05) is 17.7 Å². The van der Waals surface area contributed by atoms with Gasteiger partial charge in [-0.2, -0.15) is 0 Å². The number of nitrogens with one attached hydrogen (secondary N) is 1. The molecule has 0 saturated heterocycles. The van der Waals surface area contributed by atoms with Crippen molar-refractivity contribution in [2.75, 3.05) is 11.1 Å². The van der Waals surface area contributed by atoms with Crippen LogP contribution in [0.5, 0.6) is 0 Å². The summed E-state index contributed by atoms with van der Waals surface area (Å²) in [6, 6.07) is 8.84. The summed E-state index contributed by atoms with van der Waals surface area (Å²) in [5.41, 5.74) is 7.31. The van der Waals surface area contributed by atoms with Crippen molar-refractivity contribution < 1.29 is 9.90 Å². The maximum absolute atomic E-state index is 10.6. The van der Waals surface area contributed by atoms with Crippen LogP contribution in [0.3, 0.4) is 0 Å². The van der Waals surface area contributed by atoms with E-state index in [2.05, 4.69) is 5.32 Å². The molecular weight excluding hydrogens is 260 g/mol. The first-order valence-electron chi connectivity index (χ1n) is 4.71. The minimum Gasteiger partial charge on any atom is -0.465 e. The summed E-state index contributed by atoms with van der Waals surface area (Å²) in [4.78, 5) is 11.5. The topological polar surface area (TPSA) is 75.3 Å². The minimum atomic E-state index is -1.14. The van der Waals surface area contributed by atoms with Crippen LogP contribution in [0.1, 0.15) is 0 Å². The van der Waals surface area contributed by atoms with Gasteiger partial charge in [-0.25, -0.2) is 4.79 Å². The van der Waals surface area contributed by atoms with E-state index in [4.69, 9.17) is 22.4 Å². The van der Waals surface area contributed by atoms with Crippen molar-refractivity contribution in [3.8, 4) is 10.4 Å². The lowest BCUT2D eigenvalue weighted by Crippen LogP contribution is -2.09. The highest BCUT2D eigenvalue weighted by Gasteiger charge is 2.07. The Hall–Kier alpha value is -1.72. The second-order valence-corrected chi connectivity index (χ2v) is 5.05. The quantitative estimate of drug-likeness (QED) is 0.726. The molecule has 17 heavy (non-hydrogen) atoms. The van der Waals surface area contributed by atoms with Crippen LogP contribution in [0.15, 0.2) is 30.3 Å². The number of anilines is 2. The summed E-state index contributed by atoms with van der Waals surface area (Å²) >= 11 is 7.27. The molecule has 1 aromatic heterocycles. The lowest BCUT2D eigenvalue weighted by atomic mass is 10.1. The van der Waals surface area contributed by atoms with Crippen molar-refractivity contribution in [1.82, 2.24) is 0 Å². The van der Waals surface area contributed by atoms with Crippen LogP contribution in [0.4, 0.5) is 16.2 Å². The predicted octanol–water partition coefficient (Wildman–Crippen LogP) is 3.74. The van der Waals surface area contributed by atoms with Crippen LogP contribution in [0.2, 0.25) is 4.34 Å². The molecule has 0 unspecified atom stereocenters. The number of amides is 1. The Bertz CT molecular complexity index is 568. The lowest BCUT2D eigenvalue weighted by molar-refractivity contribution is 0.210. The third-order valence-electron chi connectivity index (χ3n) is 2.15. The molecule has 0 spiro atoms. The average Bonchev–Trinajstić information content (AvgIpc) is 2.67. The molecule has 4 nitrogen and oxygen atoms in total. The third-order valence-corrected chi connectivity index (χ3v) is 3.43. The number of nitrogen functional groups attached to an aromatic ring is 1. The van der Waals surface area contributed by atoms with E-state index in [1.807, 2.05) is 12.1 Å². The number of benzene rings is 1. The van der Waals surface area contributed by atoms with Gasteiger partial charge in [0.25, 0.3) is 0 Å². The van der Waals surface area contributed by atoms with Gasteiger partial charge in [-0.05, 0) is 29.8 Å². The first-order valence-corrected chi connectivity index (χ1v) is 5.91. The summed E-state index contributed by atoms with van der Waals surface area (Å²) in [5, 5.41) is 10.9. The van der Waals surface area contributed by atoms with E-state index in [9.17, 15) is 4.79 Å². The molecule has 88 valence electrons. The predicted molar refractivity (Wildman–Crippen MR) is 70.8 cm³/mol. The normalized spacial score (nSPS) is 10.2. The molecule has 2 rings (SSSR count). The first-order chi connectivity index (χ1) is 8.06. The molecule has 0 aliphatic rings. The minimum absolute atomic E-state index is 0.375. The van der Waals surface area contributed by atoms with E-state index >= 15 is 0 Å². The Morgan fingerprint density at radius 3 is 2.71 bits per heavy atom. The Kier molecular flexibility index (Phi) is 3.21. The van der Waals surface area contributed by atoms with Gasteiger partial charge in [0.1, 0.15) is 0 Å². The third kappa shape index (κ3) is 2.69. The molecule has 1 heterocycles. The summed E-state index contributed by atoms with van der Waals surface area (Å²) in [6.45, 7) is 0. The Balaban J connectivity index is 2.40. The van der Waals surface area contributed by atoms with Crippen LogP contribution >= 0.6 is 22.9 Å². The summed E-state index contributed by atoms with van der Waals surface area (Å²) in [5.74, 6) is 0. The van der Waals surface area contributed by atoms with E-state index in [0.717, 1.165) is 10.4 Å². The first kappa shape index (κ1) is 11.8. The van der Waals surface area contributed by atoms with Crippen molar-refractivity contribution in [2.45, 2.75) is 0 Å². The van der Waals surface area contributed by atoms with Crippen LogP contribution in [0, 0.1) is 0 Å². The number of halogens is 1. The highest BCUT2D eigenvalue weighted by molar-refractivity contribution is 7.19. The van der Waals surface area contributed by atoms with Gasteiger partial charge < -0.3 is 10.8 Å². The highest BCUT2D eigenvalue weighted by atomic mass is 35.5. The number of nitrogens with two attached hydrogens (primary N) is 1. The Morgan fingerprint density at radius 1 is 1.35 bits per heavy atom. The largest absolute Gasteiger partial charge is 0.465 e. The molecule has 6 heteroatoms. The highest BCUT2D eigenvalue weighted by Crippen LogP contribution is 2.33. The van der Waals surface area contributed by atoms with Crippen LogP contribution in [0.25, 0.3) is 10.4 Å². The molecule has 2 aromatic rings. The van der Waals surface area contributed by atoms with E-state index in [0.29, 0.717) is 15.7 Å². The van der Waals surface area contributed by atoms with Gasteiger partial charge in [0.15, 0.2) is 0 Å². The van der Waals surface area contributed by atoms with E-state index in [1.54, 1.807) is 18.2 Å². The Morgan fingerprint density at radius 2 is 2.12 bits per heavy atom. The van der Waals surface area contributed by atoms with Crippen molar-refractivity contribution in [2.24, 2.45) is 0 Å². The maximum Gasteiger partial charge on any atom is 0.409 e. The van der Waals surface area contributed by atoms with E-state index in [-0.39, 0.29) is 0 Å². The molecule has 0 bridgehead atoms. The second-order valence-electron chi connectivity index (χ2n) is 3.34. The average molecular weight is 269 g/mol. The van der Waals surface area contributed by atoms with E-state index < -0.39 is 6.09 Å². The number of carbonyl (C=O) groups is 1. The maximum atomic E-state index is 10.6. The van der Waals surface area contributed by atoms with Gasteiger partial charge in [-0.3, -0.25) is 5.32 Å². The number of rotatable bonds is 2. The standard InChI is InChI=1S/C11H9ClN2O2S/c12-10-4-3-9(17-10)6-1-2-7(13)8(5-6)14-11(15)16/h1-5,14H,13H2,(H,15,16). The van der Waals surface area contributed by atoms with Gasteiger partial charge in [-0.15, -0.1) is 11.3 Å². The van der Waals surface area contributed by atoms with Gasteiger partial charge >= 0.3 is 6.09 Å². The van der Waals surface area contributed by atoms with Crippen molar-refractivity contribution in [3.63, 3.8) is 0 Å². The fourth-order valence-corrected chi connectivity index (χ4v) is 2.44.